The number of fused-ring (bicyclic) bond motifs is 1. The number of benzene rings is 2. The average Bonchev–Trinajstić information content (AvgIpc) is 2.88. The lowest BCUT2D eigenvalue weighted by molar-refractivity contribution is 0.102. The average molecular weight is 251 g/mol. The van der Waals surface area contributed by atoms with Gasteiger partial charge in [0.05, 0.1) is 0 Å². The lowest BCUT2D eigenvalue weighted by Crippen LogP contribution is -2.14. The number of hydrogen-bond donors (Lipinski definition) is 1. The molecule has 1 amide bonds. The molecule has 0 spiro atoms. The van der Waals surface area contributed by atoms with Crippen LogP contribution in [0.15, 0.2) is 42.5 Å². The van der Waals surface area contributed by atoms with Crippen molar-refractivity contribution in [1.29, 1.82) is 0 Å². The highest BCUT2D eigenvalue weighted by Gasteiger charge is 2.16. The maximum absolute atomic E-state index is 12.3. The van der Waals surface area contributed by atoms with Crippen molar-refractivity contribution in [3.63, 3.8) is 0 Å². The molecule has 96 valence electrons. The van der Waals surface area contributed by atoms with Crippen molar-refractivity contribution < 1.29 is 4.79 Å². The van der Waals surface area contributed by atoms with Crippen LogP contribution in [0.3, 0.4) is 0 Å². The molecule has 0 saturated carbocycles. The zero-order chi connectivity index (χ0) is 13.2. The van der Waals surface area contributed by atoms with Gasteiger partial charge in [0.15, 0.2) is 0 Å². The minimum Gasteiger partial charge on any atom is -0.322 e. The lowest BCUT2D eigenvalue weighted by atomic mass is 10.1. The molecule has 0 saturated heterocycles. The summed E-state index contributed by atoms with van der Waals surface area (Å²) in [6, 6.07) is 13.9. The van der Waals surface area contributed by atoms with E-state index in [1.807, 2.05) is 43.3 Å². The van der Waals surface area contributed by atoms with Crippen LogP contribution < -0.4 is 5.32 Å². The maximum Gasteiger partial charge on any atom is 0.255 e. The van der Waals surface area contributed by atoms with E-state index in [0.29, 0.717) is 0 Å². The molecule has 3 rings (SSSR count). The Hall–Kier alpha value is -2.09. The number of carbonyl (C=O) groups is 1. The Balaban J connectivity index is 1.89. The Labute approximate surface area is 113 Å². The largest absolute Gasteiger partial charge is 0.322 e. The van der Waals surface area contributed by atoms with E-state index < -0.39 is 0 Å². The Morgan fingerprint density at radius 2 is 1.89 bits per heavy atom. The van der Waals surface area contributed by atoms with Crippen LogP contribution >= 0.6 is 0 Å². The van der Waals surface area contributed by atoms with Crippen LogP contribution in [0.5, 0.6) is 0 Å². The first-order chi connectivity index (χ1) is 9.25. The maximum atomic E-state index is 12.3. The van der Waals surface area contributed by atoms with Gasteiger partial charge in [0.25, 0.3) is 5.91 Å². The predicted octanol–water partition coefficient (Wildman–Crippen LogP) is 3.74. The van der Waals surface area contributed by atoms with E-state index in [4.69, 9.17) is 0 Å². The fraction of sp³-hybridized carbons (Fsp3) is 0.235. The SMILES string of the molecule is Cc1ccccc1C(=O)Nc1cccc2c1CCC2. The van der Waals surface area contributed by atoms with Gasteiger partial charge >= 0.3 is 0 Å². The number of hydrogen-bond acceptors (Lipinski definition) is 1. The van der Waals surface area contributed by atoms with Crippen molar-refractivity contribution in [2.24, 2.45) is 0 Å². The van der Waals surface area contributed by atoms with E-state index in [-0.39, 0.29) is 5.91 Å². The molecule has 2 nitrogen and oxygen atoms in total. The smallest absolute Gasteiger partial charge is 0.255 e. The highest BCUT2D eigenvalue weighted by molar-refractivity contribution is 6.05. The first-order valence-corrected chi connectivity index (χ1v) is 6.73. The number of amides is 1. The Morgan fingerprint density at radius 3 is 2.74 bits per heavy atom. The molecule has 0 atom stereocenters. The molecule has 1 N–H and O–H groups in total. The highest BCUT2D eigenvalue weighted by Crippen LogP contribution is 2.29. The second-order valence-corrected chi connectivity index (χ2v) is 5.07. The summed E-state index contributed by atoms with van der Waals surface area (Å²) < 4.78 is 0. The first kappa shape index (κ1) is 12.0. The fourth-order valence-electron chi connectivity index (χ4n) is 2.75. The Kier molecular flexibility index (Phi) is 3.08. The summed E-state index contributed by atoms with van der Waals surface area (Å²) in [4.78, 5) is 12.3. The number of carbonyl (C=O) groups excluding carboxylic acids is 1. The van der Waals surface area contributed by atoms with Gasteiger partial charge in [0, 0.05) is 11.3 Å². The minimum absolute atomic E-state index is 0.0154. The Bertz CT molecular complexity index is 631. The standard InChI is InChI=1S/C17H17NO/c1-12-6-2-3-9-14(12)17(19)18-16-11-5-8-13-7-4-10-15(13)16/h2-3,5-6,8-9,11H,4,7,10H2,1H3,(H,18,19). The number of rotatable bonds is 2. The third-order valence-corrected chi connectivity index (χ3v) is 3.78. The molecular formula is C17H17NO. The summed E-state index contributed by atoms with van der Waals surface area (Å²) in [7, 11) is 0. The zero-order valence-electron chi connectivity index (χ0n) is 11.1. The van der Waals surface area contributed by atoms with Crippen molar-refractivity contribution in [2.75, 3.05) is 5.32 Å². The van der Waals surface area contributed by atoms with Gasteiger partial charge < -0.3 is 5.32 Å². The van der Waals surface area contributed by atoms with Crippen LogP contribution in [0.4, 0.5) is 5.69 Å². The molecular weight excluding hydrogens is 234 g/mol. The van der Waals surface area contributed by atoms with Crippen molar-refractivity contribution in [1.82, 2.24) is 0 Å². The van der Waals surface area contributed by atoms with Gasteiger partial charge in [-0.25, -0.2) is 0 Å². The van der Waals surface area contributed by atoms with Gasteiger partial charge in [-0.2, -0.15) is 0 Å². The summed E-state index contributed by atoms with van der Waals surface area (Å²) in [6.45, 7) is 1.96. The molecule has 0 unspecified atom stereocenters. The van der Waals surface area contributed by atoms with E-state index in [1.165, 1.54) is 17.5 Å². The van der Waals surface area contributed by atoms with E-state index in [9.17, 15) is 4.79 Å². The van der Waals surface area contributed by atoms with Crippen LogP contribution in [0.25, 0.3) is 0 Å². The topological polar surface area (TPSA) is 29.1 Å². The summed E-state index contributed by atoms with van der Waals surface area (Å²) >= 11 is 0. The minimum atomic E-state index is -0.0154. The van der Waals surface area contributed by atoms with Gasteiger partial charge in [0.2, 0.25) is 0 Å². The molecule has 0 fully saturated rings. The first-order valence-electron chi connectivity index (χ1n) is 6.73. The third-order valence-electron chi connectivity index (χ3n) is 3.78. The molecule has 19 heavy (non-hydrogen) atoms. The molecule has 2 aromatic rings. The van der Waals surface area contributed by atoms with Crippen LogP contribution in [0.2, 0.25) is 0 Å². The molecule has 0 bridgehead atoms. The van der Waals surface area contributed by atoms with Gasteiger partial charge in [-0.05, 0) is 55.0 Å². The summed E-state index contributed by atoms with van der Waals surface area (Å²) in [5.41, 5.74) is 5.42. The zero-order valence-corrected chi connectivity index (χ0v) is 11.1. The van der Waals surface area contributed by atoms with E-state index in [0.717, 1.165) is 29.7 Å². The van der Waals surface area contributed by atoms with Crippen molar-refractivity contribution in [3.05, 3.63) is 64.7 Å². The molecule has 0 radical (unpaired) electrons. The van der Waals surface area contributed by atoms with Crippen LogP contribution in [-0.4, -0.2) is 5.91 Å². The van der Waals surface area contributed by atoms with E-state index >= 15 is 0 Å². The number of nitrogens with one attached hydrogen (secondary N) is 1. The van der Waals surface area contributed by atoms with Crippen molar-refractivity contribution in [3.8, 4) is 0 Å². The summed E-state index contributed by atoms with van der Waals surface area (Å²) in [5, 5.41) is 3.06. The third kappa shape index (κ3) is 2.26. The molecule has 1 aliphatic carbocycles. The van der Waals surface area contributed by atoms with Crippen molar-refractivity contribution >= 4 is 11.6 Å². The summed E-state index contributed by atoms with van der Waals surface area (Å²) in [5.74, 6) is -0.0154. The number of aryl methyl sites for hydroxylation is 2. The second kappa shape index (κ2) is 4.88. The van der Waals surface area contributed by atoms with Crippen molar-refractivity contribution in [2.45, 2.75) is 26.2 Å². The van der Waals surface area contributed by atoms with E-state index in [2.05, 4.69) is 11.4 Å². The van der Waals surface area contributed by atoms with Crippen LogP contribution in [0, 0.1) is 6.92 Å². The molecule has 0 heterocycles. The molecule has 1 aliphatic rings. The molecule has 2 heteroatoms. The van der Waals surface area contributed by atoms with Crippen LogP contribution in [-0.2, 0) is 12.8 Å². The monoisotopic (exact) mass is 251 g/mol. The molecule has 0 aromatic heterocycles. The van der Waals surface area contributed by atoms with Gasteiger partial charge in [-0.3, -0.25) is 4.79 Å². The quantitative estimate of drug-likeness (QED) is 0.865. The Morgan fingerprint density at radius 1 is 1.05 bits per heavy atom. The predicted molar refractivity (Wildman–Crippen MR) is 77.6 cm³/mol. The van der Waals surface area contributed by atoms with Gasteiger partial charge in [0.1, 0.15) is 0 Å². The highest BCUT2D eigenvalue weighted by atomic mass is 16.1. The molecule has 0 aliphatic heterocycles. The number of anilines is 1. The fourth-order valence-corrected chi connectivity index (χ4v) is 2.75. The lowest BCUT2D eigenvalue weighted by Gasteiger charge is -2.11. The van der Waals surface area contributed by atoms with E-state index in [1.54, 1.807) is 0 Å². The van der Waals surface area contributed by atoms with Gasteiger partial charge in [-0.15, -0.1) is 0 Å². The van der Waals surface area contributed by atoms with Crippen LogP contribution in [0.1, 0.15) is 33.5 Å². The normalized spacial score (nSPS) is 13.1. The summed E-state index contributed by atoms with van der Waals surface area (Å²) in [6.07, 6.45) is 3.38. The second-order valence-electron chi connectivity index (χ2n) is 5.07. The van der Waals surface area contributed by atoms with Gasteiger partial charge in [-0.1, -0.05) is 30.3 Å². The molecule has 2 aromatic carbocycles.